The third-order valence-corrected chi connectivity index (χ3v) is 4.85. The van der Waals surface area contributed by atoms with Gasteiger partial charge in [0.1, 0.15) is 0 Å². The fourth-order valence-corrected chi connectivity index (χ4v) is 2.06. The van der Waals surface area contributed by atoms with Gasteiger partial charge in [0.2, 0.25) is 0 Å². The van der Waals surface area contributed by atoms with Gasteiger partial charge in [0.05, 0.1) is 0 Å². The molecule has 6 nitrogen and oxygen atoms in total. The van der Waals surface area contributed by atoms with E-state index in [1.807, 2.05) is 12.7 Å². The minimum absolute atomic E-state index is 0.857. The van der Waals surface area contributed by atoms with Crippen LogP contribution >= 0.6 is 36.3 Å². The van der Waals surface area contributed by atoms with Gasteiger partial charge in [-0.25, -0.2) is 0 Å². The van der Waals surface area contributed by atoms with Crippen LogP contribution in [-0.4, -0.2) is 11.0 Å². The van der Waals surface area contributed by atoms with Crippen LogP contribution < -0.4 is 0 Å². The summed E-state index contributed by atoms with van der Waals surface area (Å²) in [7, 11) is 4.84. The van der Waals surface area contributed by atoms with Crippen LogP contribution in [0.25, 0.3) is 0 Å². The van der Waals surface area contributed by atoms with Crippen molar-refractivity contribution in [2.75, 3.05) is 0 Å². The van der Waals surface area contributed by atoms with Crippen LogP contribution in [0.5, 0.6) is 0 Å². The van der Waals surface area contributed by atoms with Gasteiger partial charge >= 0.3 is 77.5 Å². The SMILES string of the molecule is N#CI(F)(Cl)(Br)OC(=O)[N+](=O)[O-]. The van der Waals surface area contributed by atoms with E-state index in [1.54, 1.807) is 0 Å². The fourth-order valence-electron chi connectivity index (χ4n) is 0.153. The zero-order valence-electron chi connectivity index (χ0n) is 5.04. The Morgan fingerprint density at radius 3 is 2.58 bits per heavy atom. The zero-order valence-corrected chi connectivity index (χ0v) is 9.54. The number of rotatable bonds is 1. The summed E-state index contributed by atoms with van der Waals surface area (Å²) in [6.07, 6.45) is -2.10. The monoisotopic (exact) mass is 376 g/mol. The van der Waals surface area contributed by atoms with Gasteiger partial charge in [0.25, 0.3) is 0 Å². The van der Waals surface area contributed by atoms with E-state index in [4.69, 9.17) is 14.2 Å². The molecule has 0 spiro atoms. The Bertz CT molecular complexity index is 281. The molecule has 10 heteroatoms. The second kappa shape index (κ2) is 3.27. The summed E-state index contributed by atoms with van der Waals surface area (Å²) in [5, 5.41) is 17.7. The van der Waals surface area contributed by atoms with E-state index in [1.165, 1.54) is 0 Å². The summed E-state index contributed by atoms with van der Waals surface area (Å²) in [5.74, 6) is 0. The predicted molar refractivity (Wildman–Crippen MR) is 49.0 cm³/mol. The van der Waals surface area contributed by atoms with Crippen LogP contribution in [-0.2, 0) is 3.07 Å². The Hall–Kier alpha value is -0.210. The molecular formula is C2BrClFIN2O4. The average Bonchev–Trinajstić information content (AvgIpc) is 1.86. The first-order valence-corrected chi connectivity index (χ1v) is 12.3. The van der Waals surface area contributed by atoms with Crippen LogP contribution in [0, 0.1) is 19.5 Å². The van der Waals surface area contributed by atoms with Crippen molar-refractivity contribution in [1.82, 2.24) is 0 Å². The van der Waals surface area contributed by atoms with Gasteiger partial charge in [-0.05, 0) is 0 Å². The molecule has 0 radical (unpaired) electrons. The molecule has 0 bridgehead atoms. The first kappa shape index (κ1) is 11.8. The summed E-state index contributed by atoms with van der Waals surface area (Å²) in [5.41, 5.74) is 0. The van der Waals surface area contributed by atoms with Crippen LogP contribution in [0.4, 0.5) is 7.65 Å². The van der Waals surface area contributed by atoms with Gasteiger partial charge in [-0.2, -0.15) is 0 Å². The normalized spacial score (nSPS) is 13.7. The van der Waals surface area contributed by atoms with Gasteiger partial charge in [-0.15, -0.1) is 0 Å². The Kier molecular flexibility index (Phi) is 3.21. The third-order valence-electron chi connectivity index (χ3n) is 0.471. The summed E-state index contributed by atoms with van der Waals surface area (Å²) in [4.78, 5) is 18.3. The minimum atomic E-state index is -6.05. The summed E-state index contributed by atoms with van der Waals surface area (Å²) < 4.78 is 17.3. The Labute approximate surface area is 77.2 Å². The number of nitro groups is 1. The molecular weight excluding hydrogens is 377 g/mol. The van der Waals surface area contributed by atoms with Gasteiger partial charge in [0, 0.05) is 0 Å². The van der Waals surface area contributed by atoms with E-state index < -0.39 is 25.7 Å². The molecule has 0 saturated carbocycles. The Morgan fingerprint density at radius 2 is 2.33 bits per heavy atom. The summed E-state index contributed by atoms with van der Waals surface area (Å²) >= 11 is -4.02. The fraction of sp³-hybridized carbons (Fsp3) is 0. The molecule has 0 N–H and O–H groups in total. The van der Waals surface area contributed by atoms with E-state index in [-0.39, 0.29) is 0 Å². The first-order chi connectivity index (χ1) is 5.15. The predicted octanol–water partition coefficient (Wildman–Crippen LogP) is 2.72. The molecule has 0 aliphatic heterocycles. The quantitative estimate of drug-likeness (QED) is 0.398. The number of hydrogen-bond donors (Lipinski definition) is 0. The van der Waals surface area contributed by atoms with E-state index >= 15 is 0 Å². The second-order valence-electron chi connectivity index (χ2n) is 1.31. The molecule has 0 aliphatic rings. The number of amides is 1. The number of carbonyl (C=O) groups is 1. The zero-order chi connectivity index (χ0) is 10.0. The number of nitrogens with zero attached hydrogens (tertiary/aromatic N) is 2. The topological polar surface area (TPSA) is 93.2 Å². The molecule has 0 unspecified atom stereocenters. The second-order valence-corrected chi connectivity index (χ2v) is 18.7. The molecule has 0 heterocycles. The number of hydrogen-bond acceptors (Lipinski definition) is 5. The molecule has 1 amide bonds. The molecule has 0 aromatic carbocycles. The molecule has 0 rings (SSSR count). The van der Waals surface area contributed by atoms with Crippen LogP contribution in [0.15, 0.2) is 0 Å². The average molecular weight is 377 g/mol. The summed E-state index contributed by atoms with van der Waals surface area (Å²) in [6, 6.07) is 0. The van der Waals surface area contributed by atoms with Gasteiger partial charge in [-0.3, -0.25) is 0 Å². The van der Waals surface area contributed by atoms with Gasteiger partial charge in [0.15, 0.2) is 0 Å². The molecule has 0 aromatic rings. The number of halogens is 4. The van der Waals surface area contributed by atoms with Crippen molar-refractivity contribution in [2.45, 2.75) is 0 Å². The van der Waals surface area contributed by atoms with Gasteiger partial charge < -0.3 is 0 Å². The Morgan fingerprint density at radius 1 is 1.92 bits per heavy atom. The Balaban J connectivity index is 4.60. The first-order valence-electron chi connectivity index (χ1n) is 1.99. The molecule has 0 aromatic heterocycles. The molecule has 12 heavy (non-hydrogen) atoms. The van der Waals surface area contributed by atoms with Crippen molar-refractivity contribution < 1.29 is 15.6 Å². The molecule has 0 saturated heterocycles. The van der Waals surface area contributed by atoms with E-state index in [2.05, 4.69) is 3.07 Å². The van der Waals surface area contributed by atoms with E-state index in [0.29, 0.717) is 0 Å². The van der Waals surface area contributed by atoms with Crippen molar-refractivity contribution in [2.24, 2.45) is 0 Å². The summed E-state index contributed by atoms with van der Waals surface area (Å²) in [6.45, 7) is 0. The van der Waals surface area contributed by atoms with Crippen LogP contribution in [0.1, 0.15) is 0 Å². The van der Waals surface area contributed by atoms with Crippen LogP contribution in [0.2, 0.25) is 0 Å². The molecule has 0 fully saturated rings. The van der Waals surface area contributed by atoms with Crippen molar-refractivity contribution in [3.05, 3.63) is 10.1 Å². The van der Waals surface area contributed by atoms with E-state index in [0.717, 1.165) is 4.08 Å². The van der Waals surface area contributed by atoms with E-state index in [9.17, 15) is 17.8 Å². The van der Waals surface area contributed by atoms with Crippen molar-refractivity contribution in [1.29, 1.82) is 5.26 Å². The third kappa shape index (κ3) is 3.98. The maximum absolute atomic E-state index is 12.9. The number of nitriles is 1. The maximum atomic E-state index is 12.9. The van der Waals surface area contributed by atoms with Crippen LogP contribution in [0.3, 0.4) is 0 Å². The standard InChI is InChI=1S/C2BrClFIN2O4/c3-6(4,5,1-7)12-2(9)8(10)11. The van der Waals surface area contributed by atoms with Crippen molar-refractivity contribution in [3.63, 3.8) is 0 Å². The molecule has 0 atom stereocenters. The van der Waals surface area contributed by atoms with Crippen molar-refractivity contribution in [3.8, 4) is 4.08 Å². The molecule has 70 valence electrons. The van der Waals surface area contributed by atoms with Crippen molar-refractivity contribution >= 4 is 42.4 Å². The molecule has 0 aliphatic carbocycles. The number of carbonyl (C=O) groups excluding carboxylic acids is 1. The van der Waals surface area contributed by atoms with Gasteiger partial charge in [-0.1, -0.05) is 0 Å².